The van der Waals surface area contributed by atoms with Gasteiger partial charge in [-0.2, -0.15) is 0 Å². The number of pyridine rings is 1. The SMILES string of the molecule is C=C(/C=C\C=C/C(C)CC)C(CNCc1cc(C=NC2CC2)c(N)c(NC)c1)c1cc2c(c(-c3cc(C)c(F)cc3F)n1)OCC2C. The normalized spacial score (nSPS) is 17.4. The van der Waals surface area contributed by atoms with Crippen LogP contribution in [0.5, 0.6) is 5.75 Å². The molecule has 1 aliphatic heterocycles. The fourth-order valence-corrected chi connectivity index (χ4v) is 5.62. The molecule has 0 bridgehead atoms. The third kappa shape index (κ3) is 8.17. The summed E-state index contributed by atoms with van der Waals surface area (Å²) in [6.07, 6.45) is 13.4. The van der Waals surface area contributed by atoms with E-state index in [0.29, 0.717) is 54.4 Å². The number of hydrogen-bond donors (Lipinski definition) is 3. The number of nitrogen functional groups attached to an aromatic ring is 1. The van der Waals surface area contributed by atoms with Gasteiger partial charge in [0.25, 0.3) is 0 Å². The van der Waals surface area contributed by atoms with Gasteiger partial charge in [0, 0.05) is 60.9 Å². The highest BCUT2D eigenvalue weighted by Crippen LogP contribution is 2.43. The molecule has 0 saturated heterocycles. The van der Waals surface area contributed by atoms with Crippen LogP contribution in [0, 0.1) is 24.5 Å². The van der Waals surface area contributed by atoms with Crippen LogP contribution in [0.25, 0.3) is 11.3 Å². The molecule has 1 aliphatic carbocycles. The first-order valence-electron chi connectivity index (χ1n) is 16.6. The maximum absolute atomic E-state index is 15.3. The summed E-state index contributed by atoms with van der Waals surface area (Å²) >= 11 is 0. The van der Waals surface area contributed by atoms with Crippen LogP contribution in [0.2, 0.25) is 0 Å². The Kier molecular flexibility index (Phi) is 10.9. The molecule has 4 N–H and O–H groups in total. The topological polar surface area (TPSA) is 84.6 Å². The zero-order valence-corrected chi connectivity index (χ0v) is 28.2. The number of rotatable bonds is 14. The van der Waals surface area contributed by atoms with Crippen LogP contribution in [0.4, 0.5) is 20.2 Å². The van der Waals surface area contributed by atoms with Gasteiger partial charge in [-0.3, -0.25) is 4.99 Å². The minimum absolute atomic E-state index is 0.0939. The van der Waals surface area contributed by atoms with Gasteiger partial charge in [0.05, 0.1) is 29.7 Å². The summed E-state index contributed by atoms with van der Waals surface area (Å²) in [6.45, 7) is 14.1. The Bertz CT molecular complexity index is 1710. The highest BCUT2D eigenvalue weighted by atomic mass is 19.1. The number of benzene rings is 2. The van der Waals surface area contributed by atoms with Crippen molar-refractivity contribution in [3.8, 4) is 17.0 Å². The minimum atomic E-state index is -0.670. The molecule has 2 aromatic carbocycles. The van der Waals surface area contributed by atoms with Crippen molar-refractivity contribution in [2.45, 2.75) is 71.4 Å². The molecule has 0 spiro atoms. The van der Waals surface area contributed by atoms with Crippen molar-refractivity contribution in [1.29, 1.82) is 0 Å². The van der Waals surface area contributed by atoms with Crippen molar-refractivity contribution in [3.05, 3.63) is 106 Å². The summed E-state index contributed by atoms with van der Waals surface area (Å²) in [4.78, 5) is 9.66. The van der Waals surface area contributed by atoms with Gasteiger partial charge in [0.15, 0.2) is 0 Å². The van der Waals surface area contributed by atoms with Crippen LogP contribution >= 0.6 is 0 Å². The largest absolute Gasteiger partial charge is 0.490 e. The fourth-order valence-electron chi connectivity index (χ4n) is 5.62. The third-order valence-corrected chi connectivity index (χ3v) is 9.03. The first kappa shape index (κ1) is 34.0. The number of nitrogens with two attached hydrogens (primary N) is 1. The number of fused-ring (bicyclic) bond motifs is 1. The lowest BCUT2D eigenvalue weighted by atomic mass is 9.91. The molecule has 8 heteroatoms. The van der Waals surface area contributed by atoms with Gasteiger partial charge in [0.2, 0.25) is 0 Å². The lowest BCUT2D eigenvalue weighted by Crippen LogP contribution is -2.23. The summed E-state index contributed by atoms with van der Waals surface area (Å²) in [7, 11) is 1.86. The van der Waals surface area contributed by atoms with E-state index in [1.54, 1.807) is 6.92 Å². The Balaban J connectivity index is 1.49. The molecule has 47 heavy (non-hydrogen) atoms. The molecule has 3 atom stereocenters. The minimum Gasteiger partial charge on any atom is -0.490 e. The van der Waals surface area contributed by atoms with Crippen LogP contribution in [0.1, 0.15) is 79.8 Å². The second kappa shape index (κ2) is 15.1. The first-order valence-corrected chi connectivity index (χ1v) is 16.6. The maximum atomic E-state index is 15.3. The van der Waals surface area contributed by atoms with Gasteiger partial charge in [-0.05, 0) is 66.6 Å². The van der Waals surface area contributed by atoms with Crippen LogP contribution in [0.15, 0.2) is 71.8 Å². The van der Waals surface area contributed by atoms with Gasteiger partial charge in [-0.1, -0.05) is 58.1 Å². The standard InChI is InChI=1S/C39H47F2N5O/c1-7-23(2)10-8-9-11-24(3)32(21-44-19-27-15-28(20-45-29-12-13-29)37(42)36(16-27)43-6)35-17-30-26(5)22-47-39(30)38(46-35)31-14-25(4)33(40)18-34(31)41/h8-11,14-18,20,23,26,29,32,43-44H,3,7,12-13,19,21-22,42H2,1-2,4-6H3/b10-8-,11-9-,45-20?. The Morgan fingerprint density at radius 1 is 1.17 bits per heavy atom. The maximum Gasteiger partial charge on any atom is 0.149 e. The molecule has 1 fully saturated rings. The molecule has 0 amide bonds. The van der Waals surface area contributed by atoms with Crippen molar-refractivity contribution in [2.24, 2.45) is 10.9 Å². The Hall–Kier alpha value is -4.30. The number of anilines is 2. The molecule has 3 aromatic rings. The van der Waals surface area contributed by atoms with Crippen molar-refractivity contribution in [2.75, 3.05) is 31.2 Å². The molecule has 5 rings (SSSR count). The lowest BCUT2D eigenvalue weighted by molar-refractivity contribution is 0.337. The van der Waals surface area contributed by atoms with Gasteiger partial charge in [-0.25, -0.2) is 13.8 Å². The third-order valence-electron chi connectivity index (χ3n) is 9.03. The van der Waals surface area contributed by atoms with Crippen LogP contribution in [-0.2, 0) is 6.54 Å². The van der Waals surface area contributed by atoms with E-state index < -0.39 is 11.6 Å². The molecule has 6 nitrogen and oxygen atoms in total. The van der Waals surface area contributed by atoms with E-state index in [9.17, 15) is 4.39 Å². The Labute approximate surface area is 277 Å². The molecule has 2 aliphatic rings. The van der Waals surface area contributed by atoms with E-state index in [4.69, 9.17) is 15.5 Å². The van der Waals surface area contributed by atoms with Gasteiger partial charge >= 0.3 is 0 Å². The van der Waals surface area contributed by atoms with Gasteiger partial charge < -0.3 is 21.1 Å². The molecule has 2 heterocycles. The number of hydrogen-bond acceptors (Lipinski definition) is 6. The molecular weight excluding hydrogens is 592 g/mol. The number of ether oxygens (including phenoxy) is 1. The second-order valence-electron chi connectivity index (χ2n) is 12.9. The molecule has 1 aromatic heterocycles. The molecule has 248 valence electrons. The summed E-state index contributed by atoms with van der Waals surface area (Å²) in [5, 5.41) is 6.82. The van der Waals surface area contributed by atoms with E-state index in [1.165, 1.54) is 6.07 Å². The van der Waals surface area contributed by atoms with Crippen LogP contribution in [0.3, 0.4) is 0 Å². The highest BCUT2D eigenvalue weighted by Gasteiger charge is 2.30. The van der Waals surface area contributed by atoms with Crippen LogP contribution < -0.4 is 21.1 Å². The number of nitrogens with zero attached hydrogens (tertiary/aromatic N) is 2. The summed E-state index contributed by atoms with van der Waals surface area (Å²) < 4.78 is 35.6. The predicted molar refractivity (Wildman–Crippen MR) is 191 cm³/mol. The predicted octanol–water partition coefficient (Wildman–Crippen LogP) is 8.62. The van der Waals surface area contributed by atoms with E-state index in [2.05, 4.69) is 67.3 Å². The summed E-state index contributed by atoms with van der Waals surface area (Å²) in [5.74, 6) is -0.377. The molecule has 0 radical (unpaired) electrons. The number of nitrogens with one attached hydrogen (secondary N) is 2. The highest BCUT2D eigenvalue weighted by molar-refractivity contribution is 5.92. The van der Waals surface area contributed by atoms with Crippen molar-refractivity contribution >= 4 is 17.6 Å². The number of aliphatic imine (C=N–C) groups is 1. The molecule has 1 saturated carbocycles. The smallest absolute Gasteiger partial charge is 0.149 e. The van der Waals surface area contributed by atoms with E-state index in [-0.39, 0.29) is 17.4 Å². The Morgan fingerprint density at radius 2 is 1.96 bits per heavy atom. The Morgan fingerprint density at radius 3 is 2.68 bits per heavy atom. The number of aryl methyl sites for hydroxylation is 1. The van der Waals surface area contributed by atoms with Gasteiger partial charge in [-0.15, -0.1) is 0 Å². The zero-order valence-electron chi connectivity index (χ0n) is 28.2. The van der Waals surface area contributed by atoms with E-state index >= 15 is 4.39 Å². The lowest BCUT2D eigenvalue weighted by Gasteiger charge is -2.21. The summed E-state index contributed by atoms with van der Waals surface area (Å²) in [6, 6.07) is 9.01. The number of halogens is 2. The van der Waals surface area contributed by atoms with Crippen molar-refractivity contribution < 1.29 is 13.5 Å². The van der Waals surface area contributed by atoms with Gasteiger partial charge in [0.1, 0.15) is 23.1 Å². The molecule has 3 unspecified atom stereocenters. The number of allylic oxidation sites excluding steroid dienone is 4. The van der Waals surface area contributed by atoms with E-state index in [1.807, 2.05) is 31.5 Å². The monoisotopic (exact) mass is 639 g/mol. The molecular formula is C39H47F2N5O. The average Bonchev–Trinajstić information content (AvgIpc) is 3.82. The fraction of sp³-hybridized carbons (Fsp3) is 0.385. The van der Waals surface area contributed by atoms with Crippen molar-refractivity contribution in [3.63, 3.8) is 0 Å². The average molecular weight is 640 g/mol. The van der Waals surface area contributed by atoms with Crippen molar-refractivity contribution in [1.82, 2.24) is 10.3 Å². The number of aromatic nitrogens is 1. The first-order chi connectivity index (χ1) is 22.6. The zero-order chi connectivity index (χ0) is 33.7. The van der Waals surface area contributed by atoms with Crippen LogP contribution in [-0.4, -0.2) is 37.4 Å². The second-order valence-corrected chi connectivity index (χ2v) is 12.9. The summed E-state index contributed by atoms with van der Waals surface area (Å²) in [5.41, 5.74) is 13.4. The quantitative estimate of drug-likeness (QED) is 0.0935. The van der Waals surface area contributed by atoms with E-state index in [0.717, 1.165) is 59.0 Å².